The van der Waals surface area contributed by atoms with Gasteiger partial charge in [0.05, 0.1) is 11.8 Å². The third kappa shape index (κ3) is 2.36. The van der Waals surface area contributed by atoms with Gasteiger partial charge in [-0.05, 0) is 30.5 Å². The second kappa shape index (κ2) is 4.84. The summed E-state index contributed by atoms with van der Waals surface area (Å²) in [4.78, 5) is 12.0. The molecule has 1 unspecified atom stereocenters. The van der Waals surface area contributed by atoms with Gasteiger partial charge in [-0.15, -0.1) is 0 Å². The van der Waals surface area contributed by atoms with E-state index in [0.717, 1.165) is 25.0 Å². The monoisotopic (exact) mass is 259 g/mol. The second-order valence-electron chi connectivity index (χ2n) is 4.77. The van der Waals surface area contributed by atoms with Crippen molar-refractivity contribution in [3.8, 4) is 0 Å². The van der Waals surface area contributed by atoms with E-state index < -0.39 is 5.82 Å². The Kier molecular flexibility index (Phi) is 3.03. The SMILES string of the molecule is O=C(NC1CCc2cn[nH]c2C1)c1ccccc1F. The first kappa shape index (κ1) is 11.9. The smallest absolute Gasteiger partial charge is 0.254 e. The van der Waals surface area contributed by atoms with Gasteiger partial charge in [-0.2, -0.15) is 5.10 Å². The number of halogens is 1. The molecule has 0 fully saturated rings. The van der Waals surface area contributed by atoms with Crippen molar-refractivity contribution in [1.82, 2.24) is 15.5 Å². The minimum Gasteiger partial charge on any atom is -0.349 e. The summed E-state index contributed by atoms with van der Waals surface area (Å²) in [5.41, 5.74) is 2.36. The van der Waals surface area contributed by atoms with Crippen molar-refractivity contribution in [2.45, 2.75) is 25.3 Å². The maximum Gasteiger partial charge on any atom is 0.254 e. The van der Waals surface area contributed by atoms with Crippen LogP contribution in [0.3, 0.4) is 0 Å². The lowest BCUT2D eigenvalue weighted by molar-refractivity contribution is 0.0929. The van der Waals surface area contributed by atoms with Crippen molar-refractivity contribution in [2.24, 2.45) is 0 Å². The van der Waals surface area contributed by atoms with Crippen molar-refractivity contribution in [3.63, 3.8) is 0 Å². The summed E-state index contributed by atoms with van der Waals surface area (Å²) in [6.07, 6.45) is 4.28. The standard InChI is InChI=1S/C14H14FN3O/c15-12-4-2-1-3-11(12)14(19)17-10-6-5-9-8-16-18-13(9)7-10/h1-4,8,10H,5-7H2,(H,16,18)(H,17,19). The Morgan fingerprint density at radius 2 is 2.26 bits per heavy atom. The molecule has 19 heavy (non-hydrogen) atoms. The van der Waals surface area contributed by atoms with Gasteiger partial charge in [0.1, 0.15) is 5.82 Å². The molecule has 0 bridgehead atoms. The quantitative estimate of drug-likeness (QED) is 0.864. The first-order valence-corrected chi connectivity index (χ1v) is 6.30. The number of carbonyl (C=O) groups excluding carboxylic acids is 1. The molecule has 1 aromatic carbocycles. The van der Waals surface area contributed by atoms with Crippen LogP contribution in [-0.4, -0.2) is 22.1 Å². The lowest BCUT2D eigenvalue weighted by Crippen LogP contribution is -2.39. The molecule has 0 saturated carbocycles. The fourth-order valence-corrected chi connectivity index (χ4v) is 2.44. The van der Waals surface area contributed by atoms with Crippen LogP contribution in [0.25, 0.3) is 0 Å². The van der Waals surface area contributed by atoms with E-state index in [0.29, 0.717) is 0 Å². The predicted molar refractivity (Wildman–Crippen MR) is 68.3 cm³/mol. The van der Waals surface area contributed by atoms with E-state index in [1.807, 2.05) is 6.20 Å². The van der Waals surface area contributed by atoms with E-state index in [9.17, 15) is 9.18 Å². The van der Waals surface area contributed by atoms with Gasteiger partial charge in [0.2, 0.25) is 0 Å². The van der Waals surface area contributed by atoms with Gasteiger partial charge >= 0.3 is 0 Å². The highest BCUT2D eigenvalue weighted by molar-refractivity contribution is 5.94. The van der Waals surface area contributed by atoms with Gasteiger partial charge in [-0.25, -0.2) is 4.39 Å². The number of aryl methyl sites for hydroxylation is 1. The van der Waals surface area contributed by atoms with Gasteiger partial charge in [0, 0.05) is 18.2 Å². The Hall–Kier alpha value is -2.17. The highest BCUT2D eigenvalue weighted by atomic mass is 19.1. The predicted octanol–water partition coefficient (Wildman–Crippen LogP) is 1.84. The molecule has 1 atom stereocenters. The summed E-state index contributed by atoms with van der Waals surface area (Å²) in [7, 11) is 0. The highest BCUT2D eigenvalue weighted by Gasteiger charge is 2.22. The Bertz CT molecular complexity index is 608. The first-order valence-electron chi connectivity index (χ1n) is 6.30. The van der Waals surface area contributed by atoms with Crippen molar-refractivity contribution >= 4 is 5.91 Å². The molecule has 0 saturated heterocycles. The van der Waals surface area contributed by atoms with Crippen LogP contribution in [0.2, 0.25) is 0 Å². The Labute approximate surface area is 110 Å². The zero-order chi connectivity index (χ0) is 13.2. The zero-order valence-corrected chi connectivity index (χ0v) is 10.3. The summed E-state index contributed by atoms with van der Waals surface area (Å²) in [5.74, 6) is -0.843. The van der Waals surface area contributed by atoms with E-state index in [2.05, 4.69) is 15.5 Å². The molecule has 5 heteroatoms. The Balaban J connectivity index is 1.70. The van der Waals surface area contributed by atoms with E-state index >= 15 is 0 Å². The van der Waals surface area contributed by atoms with E-state index in [-0.39, 0.29) is 17.5 Å². The summed E-state index contributed by atoms with van der Waals surface area (Å²) in [6.45, 7) is 0. The fourth-order valence-electron chi connectivity index (χ4n) is 2.44. The summed E-state index contributed by atoms with van der Waals surface area (Å²) in [5, 5.41) is 9.81. The minimum absolute atomic E-state index is 0.0278. The van der Waals surface area contributed by atoms with E-state index in [1.165, 1.54) is 17.7 Å². The number of carbonyl (C=O) groups is 1. The molecule has 2 N–H and O–H groups in total. The van der Waals surface area contributed by atoms with E-state index in [4.69, 9.17) is 0 Å². The third-order valence-electron chi connectivity index (χ3n) is 3.47. The number of hydrogen-bond donors (Lipinski definition) is 2. The van der Waals surface area contributed by atoms with Gasteiger partial charge in [0.25, 0.3) is 5.91 Å². The van der Waals surface area contributed by atoms with Gasteiger partial charge in [0.15, 0.2) is 0 Å². The van der Waals surface area contributed by atoms with Crippen LogP contribution in [0.5, 0.6) is 0 Å². The van der Waals surface area contributed by atoms with Crippen molar-refractivity contribution < 1.29 is 9.18 Å². The molecular weight excluding hydrogens is 245 g/mol. The average Bonchev–Trinajstić information content (AvgIpc) is 2.86. The molecule has 1 aliphatic rings. The zero-order valence-electron chi connectivity index (χ0n) is 10.3. The number of nitrogens with zero attached hydrogens (tertiary/aromatic N) is 1. The minimum atomic E-state index is -0.488. The van der Waals surface area contributed by atoms with Crippen LogP contribution in [0.15, 0.2) is 30.5 Å². The van der Waals surface area contributed by atoms with Crippen LogP contribution >= 0.6 is 0 Å². The number of amides is 1. The molecule has 0 spiro atoms. The van der Waals surface area contributed by atoms with Crippen LogP contribution in [0, 0.1) is 5.82 Å². The molecule has 1 amide bonds. The lowest BCUT2D eigenvalue weighted by Gasteiger charge is -2.22. The van der Waals surface area contributed by atoms with E-state index in [1.54, 1.807) is 12.1 Å². The number of hydrogen-bond acceptors (Lipinski definition) is 2. The highest BCUT2D eigenvalue weighted by Crippen LogP contribution is 2.19. The molecule has 98 valence electrons. The maximum absolute atomic E-state index is 13.5. The molecular formula is C14H14FN3O. The molecule has 3 rings (SSSR count). The van der Waals surface area contributed by atoms with Crippen LogP contribution in [-0.2, 0) is 12.8 Å². The number of benzene rings is 1. The van der Waals surface area contributed by atoms with Gasteiger partial charge in [-0.3, -0.25) is 9.89 Å². The number of aromatic nitrogens is 2. The molecule has 4 nitrogen and oxygen atoms in total. The number of nitrogens with one attached hydrogen (secondary N) is 2. The van der Waals surface area contributed by atoms with Crippen molar-refractivity contribution in [1.29, 1.82) is 0 Å². The topological polar surface area (TPSA) is 57.8 Å². The fraction of sp³-hybridized carbons (Fsp3) is 0.286. The first-order chi connectivity index (χ1) is 9.24. The van der Waals surface area contributed by atoms with Crippen LogP contribution in [0.1, 0.15) is 28.0 Å². The third-order valence-corrected chi connectivity index (χ3v) is 3.47. The Morgan fingerprint density at radius 1 is 1.42 bits per heavy atom. The number of H-pyrrole nitrogens is 1. The van der Waals surface area contributed by atoms with Crippen molar-refractivity contribution in [2.75, 3.05) is 0 Å². The number of fused-ring (bicyclic) bond motifs is 1. The summed E-state index contributed by atoms with van der Waals surface area (Å²) < 4.78 is 13.5. The van der Waals surface area contributed by atoms with Crippen LogP contribution in [0.4, 0.5) is 4.39 Å². The molecule has 1 aromatic heterocycles. The Morgan fingerprint density at radius 3 is 3.11 bits per heavy atom. The van der Waals surface area contributed by atoms with Gasteiger partial charge < -0.3 is 5.32 Å². The average molecular weight is 259 g/mol. The molecule has 1 aliphatic carbocycles. The largest absolute Gasteiger partial charge is 0.349 e. The van der Waals surface area contributed by atoms with Gasteiger partial charge in [-0.1, -0.05) is 12.1 Å². The number of aromatic amines is 1. The molecule has 1 heterocycles. The molecule has 2 aromatic rings. The summed E-state index contributed by atoms with van der Waals surface area (Å²) in [6, 6.07) is 6.05. The lowest BCUT2D eigenvalue weighted by atomic mass is 9.93. The summed E-state index contributed by atoms with van der Waals surface area (Å²) >= 11 is 0. The molecule has 0 radical (unpaired) electrons. The van der Waals surface area contributed by atoms with Crippen LogP contribution < -0.4 is 5.32 Å². The number of rotatable bonds is 2. The maximum atomic E-state index is 13.5. The second-order valence-corrected chi connectivity index (χ2v) is 4.77. The normalized spacial score (nSPS) is 17.8. The van der Waals surface area contributed by atoms with Crippen molar-refractivity contribution in [3.05, 3.63) is 53.1 Å². The molecule has 0 aliphatic heterocycles.